The van der Waals surface area contributed by atoms with Gasteiger partial charge in [0, 0.05) is 23.1 Å². The Morgan fingerprint density at radius 2 is 1.91 bits per heavy atom. The van der Waals surface area contributed by atoms with E-state index in [-0.39, 0.29) is 0 Å². The van der Waals surface area contributed by atoms with E-state index in [0.29, 0.717) is 0 Å². The molecule has 1 aromatic carbocycles. The minimum Gasteiger partial charge on any atom is -0.460 e. The highest BCUT2D eigenvalue weighted by atomic mass is 79.9. The number of hydrogen-bond acceptors (Lipinski definition) is 3. The predicted octanol–water partition coefficient (Wildman–Crippen LogP) is 4.45. The first-order chi connectivity index (χ1) is 10.6. The summed E-state index contributed by atoms with van der Waals surface area (Å²) in [6.07, 6.45) is 0. The van der Waals surface area contributed by atoms with Crippen molar-refractivity contribution < 1.29 is 4.42 Å². The van der Waals surface area contributed by atoms with E-state index in [9.17, 15) is 0 Å². The number of aryl methyl sites for hydroxylation is 1. The summed E-state index contributed by atoms with van der Waals surface area (Å²) in [5, 5.41) is 3.44. The van der Waals surface area contributed by atoms with Crippen LogP contribution in [0.25, 0.3) is 11.3 Å². The van der Waals surface area contributed by atoms with Gasteiger partial charge in [-0.25, -0.2) is 0 Å². The van der Waals surface area contributed by atoms with E-state index in [2.05, 4.69) is 71.2 Å². The lowest BCUT2D eigenvalue weighted by Gasteiger charge is -2.17. The van der Waals surface area contributed by atoms with Crippen LogP contribution < -0.4 is 5.32 Å². The highest BCUT2D eigenvalue weighted by Gasteiger charge is 2.06. The van der Waals surface area contributed by atoms with Crippen LogP contribution in [0, 0.1) is 6.92 Å². The second kappa shape index (κ2) is 8.51. The molecule has 4 heteroatoms. The first-order valence-electron chi connectivity index (χ1n) is 7.92. The van der Waals surface area contributed by atoms with Gasteiger partial charge in [-0.2, -0.15) is 0 Å². The number of hydrogen-bond donors (Lipinski definition) is 1. The molecule has 3 nitrogen and oxygen atoms in total. The Kier molecular flexibility index (Phi) is 6.68. The summed E-state index contributed by atoms with van der Waals surface area (Å²) >= 11 is 3.53. The molecule has 0 spiro atoms. The molecule has 1 heterocycles. The van der Waals surface area contributed by atoms with Gasteiger partial charge in [0.15, 0.2) is 0 Å². The fourth-order valence-electron chi connectivity index (χ4n) is 2.41. The number of nitrogens with zero attached hydrogens (tertiary/aromatic N) is 1. The van der Waals surface area contributed by atoms with E-state index < -0.39 is 0 Å². The maximum Gasteiger partial charge on any atom is 0.134 e. The third kappa shape index (κ3) is 4.70. The first kappa shape index (κ1) is 17.3. The molecule has 0 saturated heterocycles. The molecule has 0 unspecified atom stereocenters. The molecule has 0 aliphatic heterocycles. The second-order valence-electron chi connectivity index (χ2n) is 5.43. The zero-order valence-corrected chi connectivity index (χ0v) is 15.2. The van der Waals surface area contributed by atoms with E-state index in [0.717, 1.165) is 54.3 Å². The van der Waals surface area contributed by atoms with Crippen molar-refractivity contribution in [3.8, 4) is 11.3 Å². The lowest BCUT2D eigenvalue weighted by Crippen LogP contribution is -2.31. The summed E-state index contributed by atoms with van der Waals surface area (Å²) < 4.78 is 7.06. The molecule has 2 rings (SSSR count). The summed E-state index contributed by atoms with van der Waals surface area (Å²) in [5.74, 6) is 1.91. The maximum absolute atomic E-state index is 5.93. The van der Waals surface area contributed by atoms with Gasteiger partial charge in [-0.1, -0.05) is 35.8 Å². The third-order valence-electron chi connectivity index (χ3n) is 3.90. The number of nitrogens with one attached hydrogen (secondary N) is 1. The van der Waals surface area contributed by atoms with Crippen molar-refractivity contribution in [3.63, 3.8) is 0 Å². The summed E-state index contributed by atoms with van der Waals surface area (Å²) in [6.45, 7) is 11.5. The first-order valence-corrected chi connectivity index (χ1v) is 8.71. The molecule has 0 bridgehead atoms. The minimum absolute atomic E-state index is 0.775. The Morgan fingerprint density at radius 1 is 1.14 bits per heavy atom. The van der Waals surface area contributed by atoms with Crippen LogP contribution in [0.3, 0.4) is 0 Å². The van der Waals surface area contributed by atoms with Gasteiger partial charge in [0.25, 0.3) is 0 Å². The van der Waals surface area contributed by atoms with E-state index in [1.807, 2.05) is 6.07 Å². The normalized spacial score (nSPS) is 11.3. The molecule has 0 radical (unpaired) electrons. The quantitative estimate of drug-likeness (QED) is 0.701. The van der Waals surface area contributed by atoms with Crippen molar-refractivity contribution >= 4 is 15.9 Å². The number of halogens is 1. The van der Waals surface area contributed by atoms with Crippen LogP contribution in [0.15, 0.2) is 39.2 Å². The molecule has 1 aromatic heterocycles. The number of likely N-dealkylation sites (N-methyl/N-ethyl adjacent to an activating group) is 1. The van der Waals surface area contributed by atoms with Crippen molar-refractivity contribution in [1.29, 1.82) is 0 Å². The lowest BCUT2D eigenvalue weighted by atomic mass is 10.1. The van der Waals surface area contributed by atoms with Gasteiger partial charge in [-0.05, 0) is 49.8 Å². The Morgan fingerprint density at radius 3 is 2.59 bits per heavy atom. The zero-order chi connectivity index (χ0) is 15.9. The molecule has 0 aliphatic rings. The van der Waals surface area contributed by atoms with Crippen LogP contribution in [-0.4, -0.2) is 31.1 Å². The number of furan rings is 1. The van der Waals surface area contributed by atoms with E-state index in [1.54, 1.807) is 0 Å². The van der Waals surface area contributed by atoms with Gasteiger partial charge >= 0.3 is 0 Å². The Balaban J connectivity index is 1.87. The highest BCUT2D eigenvalue weighted by Crippen LogP contribution is 2.26. The fourth-order valence-corrected chi connectivity index (χ4v) is 2.66. The predicted molar refractivity (Wildman–Crippen MR) is 96.1 cm³/mol. The lowest BCUT2D eigenvalue weighted by molar-refractivity contribution is 0.300. The molecule has 1 N–H and O–H groups in total. The molecular weight excluding hydrogens is 340 g/mol. The smallest absolute Gasteiger partial charge is 0.134 e. The molecule has 120 valence electrons. The maximum atomic E-state index is 5.93. The van der Waals surface area contributed by atoms with Gasteiger partial charge in [0.2, 0.25) is 0 Å². The Bertz CT molecular complexity index is 591. The number of benzene rings is 1. The van der Waals surface area contributed by atoms with Crippen molar-refractivity contribution in [3.05, 3.63) is 46.1 Å². The topological polar surface area (TPSA) is 28.4 Å². The molecule has 0 atom stereocenters. The minimum atomic E-state index is 0.775. The summed E-state index contributed by atoms with van der Waals surface area (Å²) in [6, 6.07) is 10.4. The molecule has 0 saturated carbocycles. The zero-order valence-electron chi connectivity index (χ0n) is 13.7. The largest absolute Gasteiger partial charge is 0.460 e. The highest BCUT2D eigenvalue weighted by molar-refractivity contribution is 9.10. The van der Waals surface area contributed by atoms with Crippen molar-refractivity contribution in [2.75, 3.05) is 26.2 Å². The van der Waals surface area contributed by atoms with Gasteiger partial charge in [-0.3, -0.25) is 0 Å². The summed E-state index contributed by atoms with van der Waals surface area (Å²) in [4.78, 5) is 2.41. The molecule has 22 heavy (non-hydrogen) atoms. The van der Waals surface area contributed by atoms with Crippen LogP contribution in [-0.2, 0) is 6.54 Å². The summed E-state index contributed by atoms with van der Waals surface area (Å²) in [7, 11) is 0. The molecule has 0 fully saturated rings. The Labute approximate surface area is 141 Å². The van der Waals surface area contributed by atoms with E-state index >= 15 is 0 Å². The van der Waals surface area contributed by atoms with Gasteiger partial charge in [-0.15, -0.1) is 0 Å². The third-order valence-corrected chi connectivity index (χ3v) is 4.79. The number of rotatable bonds is 8. The molecule has 0 aliphatic carbocycles. The average molecular weight is 365 g/mol. The standard InChI is InChI=1S/C18H25BrN2O/c1-4-21(5-2)11-10-20-13-16-7-9-18(22-16)15-6-8-17(19)14(3)12-15/h6-9,12,20H,4-5,10-11,13H2,1-3H3. The van der Waals surface area contributed by atoms with Crippen LogP contribution in [0.5, 0.6) is 0 Å². The second-order valence-corrected chi connectivity index (χ2v) is 6.29. The molecular formula is C18H25BrN2O. The fraction of sp³-hybridized carbons (Fsp3) is 0.444. The van der Waals surface area contributed by atoms with Crippen LogP contribution >= 0.6 is 15.9 Å². The van der Waals surface area contributed by atoms with Crippen molar-refractivity contribution in [2.45, 2.75) is 27.3 Å². The Hall–Kier alpha value is -1.10. The monoisotopic (exact) mass is 364 g/mol. The average Bonchev–Trinajstić information content (AvgIpc) is 2.99. The van der Waals surface area contributed by atoms with Crippen LogP contribution in [0.1, 0.15) is 25.2 Å². The van der Waals surface area contributed by atoms with E-state index in [4.69, 9.17) is 4.42 Å². The van der Waals surface area contributed by atoms with Crippen LogP contribution in [0.4, 0.5) is 0 Å². The van der Waals surface area contributed by atoms with Gasteiger partial charge < -0.3 is 14.6 Å². The van der Waals surface area contributed by atoms with Gasteiger partial charge in [0.1, 0.15) is 11.5 Å². The van der Waals surface area contributed by atoms with Crippen molar-refractivity contribution in [1.82, 2.24) is 10.2 Å². The summed E-state index contributed by atoms with van der Waals surface area (Å²) in [5.41, 5.74) is 2.34. The molecule has 0 amide bonds. The van der Waals surface area contributed by atoms with Gasteiger partial charge in [0.05, 0.1) is 6.54 Å². The SMILES string of the molecule is CCN(CC)CCNCc1ccc(-c2ccc(Br)c(C)c2)o1. The van der Waals surface area contributed by atoms with Crippen LogP contribution in [0.2, 0.25) is 0 Å². The van der Waals surface area contributed by atoms with E-state index in [1.165, 1.54) is 5.56 Å². The van der Waals surface area contributed by atoms with Crippen molar-refractivity contribution in [2.24, 2.45) is 0 Å². The molecule has 2 aromatic rings.